The molecule has 2 heterocycles. The van der Waals surface area contributed by atoms with Gasteiger partial charge in [-0.2, -0.15) is 0 Å². The van der Waals surface area contributed by atoms with Crippen molar-refractivity contribution < 1.29 is 13.2 Å². The van der Waals surface area contributed by atoms with E-state index in [4.69, 9.17) is 0 Å². The molecule has 0 amide bonds. The maximum atomic E-state index is 13.0. The molecule has 1 saturated heterocycles. The quantitative estimate of drug-likeness (QED) is 0.849. The van der Waals surface area contributed by atoms with Gasteiger partial charge in [0.15, 0.2) is 0 Å². The van der Waals surface area contributed by atoms with Crippen LogP contribution in [0.2, 0.25) is 0 Å². The fourth-order valence-electron chi connectivity index (χ4n) is 2.16. The lowest BCUT2D eigenvalue weighted by molar-refractivity contribution is -0.0222. The van der Waals surface area contributed by atoms with Crippen LogP contribution in [-0.2, 0) is 0 Å². The number of hydrogen-bond donors (Lipinski definition) is 1. The molecule has 6 heteroatoms. The zero-order chi connectivity index (χ0) is 12.8. The van der Waals surface area contributed by atoms with E-state index in [0.29, 0.717) is 17.0 Å². The molecule has 0 spiro atoms. The minimum atomic E-state index is -2.57. The average molecular weight is 255 g/mol. The summed E-state index contributed by atoms with van der Waals surface area (Å²) < 4.78 is 39.1. The van der Waals surface area contributed by atoms with E-state index in [0.717, 1.165) is 0 Å². The van der Waals surface area contributed by atoms with Crippen molar-refractivity contribution in [2.75, 3.05) is 18.0 Å². The van der Waals surface area contributed by atoms with Gasteiger partial charge >= 0.3 is 0 Å². The Labute approximate surface area is 102 Å². The predicted octanol–water partition coefficient (Wildman–Crippen LogP) is 2.94. The van der Waals surface area contributed by atoms with Crippen molar-refractivity contribution in [3.8, 4) is 0 Å². The van der Waals surface area contributed by atoms with E-state index in [2.05, 4.69) is 9.97 Å². The van der Waals surface area contributed by atoms with Crippen LogP contribution in [0.15, 0.2) is 18.2 Å². The summed E-state index contributed by atoms with van der Waals surface area (Å²) in [7, 11) is 0. The molecule has 1 aromatic heterocycles. The Morgan fingerprint density at radius 2 is 1.94 bits per heavy atom. The molecule has 2 aromatic rings. The molecule has 3 rings (SSSR count). The number of aromatic amines is 1. The minimum Gasteiger partial charge on any atom is -0.342 e. The smallest absolute Gasteiger partial charge is 0.251 e. The molecular formula is C12H12F3N3. The van der Waals surface area contributed by atoms with Gasteiger partial charge < -0.3 is 9.88 Å². The van der Waals surface area contributed by atoms with Crippen LogP contribution < -0.4 is 4.90 Å². The average Bonchev–Trinajstić information content (AvgIpc) is 2.71. The number of H-pyrrole nitrogens is 1. The predicted molar refractivity (Wildman–Crippen MR) is 62.4 cm³/mol. The number of imidazole rings is 1. The number of alkyl halides is 2. The summed E-state index contributed by atoms with van der Waals surface area (Å²) in [5.41, 5.74) is 1.23. The standard InChI is InChI=1S/C12H12F3N3/c13-8-1-2-9-10(7-8)17-11(16-9)18-5-3-12(14,15)4-6-18/h1-2,7H,3-6H2,(H,16,17). The lowest BCUT2D eigenvalue weighted by Gasteiger charge is -2.31. The topological polar surface area (TPSA) is 31.9 Å². The maximum absolute atomic E-state index is 13.0. The van der Waals surface area contributed by atoms with Gasteiger partial charge in [0.05, 0.1) is 11.0 Å². The zero-order valence-electron chi connectivity index (χ0n) is 9.59. The molecule has 18 heavy (non-hydrogen) atoms. The second-order valence-corrected chi connectivity index (χ2v) is 4.56. The summed E-state index contributed by atoms with van der Waals surface area (Å²) in [6.07, 6.45) is -0.336. The second-order valence-electron chi connectivity index (χ2n) is 4.56. The highest BCUT2D eigenvalue weighted by Crippen LogP contribution is 2.30. The molecular weight excluding hydrogens is 243 g/mol. The van der Waals surface area contributed by atoms with E-state index >= 15 is 0 Å². The summed E-state index contributed by atoms with van der Waals surface area (Å²) in [6, 6.07) is 4.25. The number of anilines is 1. The molecule has 0 aliphatic carbocycles. The molecule has 1 N–H and O–H groups in total. The lowest BCUT2D eigenvalue weighted by Crippen LogP contribution is -2.39. The van der Waals surface area contributed by atoms with Crippen molar-refractivity contribution in [1.82, 2.24) is 9.97 Å². The van der Waals surface area contributed by atoms with Crippen LogP contribution in [0.5, 0.6) is 0 Å². The fourth-order valence-corrected chi connectivity index (χ4v) is 2.16. The van der Waals surface area contributed by atoms with Crippen LogP contribution in [0.4, 0.5) is 19.1 Å². The SMILES string of the molecule is Fc1ccc2nc(N3CCC(F)(F)CC3)[nH]c2c1. The molecule has 0 unspecified atom stereocenters. The summed E-state index contributed by atoms with van der Waals surface area (Å²) in [5.74, 6) is -2.39. The Morgan fingerprint density at radius 1 is 1.22 bits per heavy atom. The van der Waals surface area contributed by atoms with E-state index < -0.39 is 5.92 Å². The van der Waals surface area contributed by atoms with Crippen molar-refractivity contribution in [1.29, 1.82) is 0 Å². The highest BCUT2D eigenvalue weighted by molar-refractivity contribution is 5.77. The number of halogens is 3. The molecule has 1 fully saturated rings. The van der Waals surface area contributed by atoms with E-state index in [-0.39, 0.29) is 31.7 Å². The Balaban J connectivity index is 1.87. The Morgan fingerprint density at radius 3 is 2.67 bits per heavy atom. The minimum absolute atomic E-state index is 0.168. The molecule has 1 aliphatic heterocycles. The molecule has 1 aliphatic rings. The highest BCUT2D eigenvalue weighted by atomic mass is 19.3. The summed E-state index contributed by atoms with van der Waals surface area (Å²) in [4.78, 5) is 9.02. The zero-order valence-corrected chi connectivity index (χ0v) is 9.59. The third kappa shape index (κ3) is 2.02. The first-order valence-electron chi connectivity index (χ1n) is 5.82. The van der Waals surface area contributed by atoms with E-state index in [9.17, 15) is 13.2 Å². The highest BCUT2D eigenvalue weighted by Gasteiger charge is 2.34. The summed E-state index contributed by atoms with van der Waals surface area (Å²) in [6.45, 7) is 0.518. The second kappa shape index (κ2) is 3.90. The van der Waals surface area contributed by atoms with Gasteiger partial charge in [0.2, 0.25) is 5.95 Å². The van der Waals surface area contributed by atoms with Crippen molar-refractivity contribution in [3.05, 3.63) is 24.0 Å². The number of rotatable bonds is 1. The fraction of sp³-hybridized carbons (Fsp3) is 0.417. The first kappa shape index (κ1) is 11.4. The van der Waals surface area contributed by atoms with Gasteiger partial charge in [-0.1, -0.05) is 0 Å². The van der Waals surface area contributed by atoms with Crippen LogP contribution in [0.3, 0.4) is 0 Å². The van der Waals surface area contributed by atoms with Crippen molar-refractivity contribution in [3.63, 3.8) is 0 Å². The molecule has 0 saturated carbocycles. The van der Waals surface area contributed by atoms with Crippen LogP contribution in [0.1, 0.15) is 12.8 Å². The van der Waals surface area contributed by atoms with E-state index in [1.165, 1.54) is 12.1 Å². The van der Waals surface area contributed by atoms with E-state index in [1.807, 2.05) is 0 Å². The number of nitrogens with one attached hydrogen (secondary N) is 1. The number of aromatic nitrogens is 2. The normalized spacial score (nSPS) is 19.4. The van der Waals surface area contributed by atoms with E-state index in [1.54, 1.807) is 11.0 Å². The van der Waals surface area contributed by atoms with Gasteiger partial charge in [0, 0.05) is 25.9 Å². The molecule has 1 aromatic carbocycles. The largest absolute Gasteiger partial charge is 0.342 e. The first-order chi connectivity index (χ1) is 8.53. The van der Waals surface area contributed by atoms with Gasteiger partial charge in [-0.05, 0) is 18.2 Å². The monoisotopic (exact) mass is 255 g/mol. The Bertz CT molecular complexity index is 569. The van der Waals surface area contributed by atoms with Gasteiger partial charge in [0.25, 0.3) is 5.92 Å². The van der Waals surface area contributed by atoms with Gasteiger partial charge in [-0.3, -0.25) is 0 Å². The van der Waals surface area contributed by atoms with Crippen LogP contribution in [0, 0.1) is 5.82 Å². The van der Waals surface area contributed by atoms with Gasteiger partial charge in [0.1, 0.15) is 5.82 Å². The summed E-state index contributed by atoms with van der Waals surface area (Å²) >= 11 is 0. The molecule has 0 atom stereocenters. The number of nitrogens with zero attached hydrogens (tertiary/aromatic N) is 2. The van der Waals surface area contributed by atoms with Crippen molar-refractivity contribution >= 4 is 17.0 Å². The number of hydrogen-bond acceptors (Lipinski definition) is 2. The Hall–Kier alpha value is -1.72. The van der Waals surface area contributed by atoms with Crippen LogP contribution >= 0.6 is 0 Å². The summed E-state index contributed by atoms with van der Waals surface area (Å²) in [5, 5.41) is 0. The van der Waals surface area contributed by atoms with Crippen molar-refractivity contribution in [2.24, 2.45) is 0 Å². The van der Waals surface area contributed by atoms with Crippen LogP contribution in [0.25, 0.3) is 11.0 Å². The number of fused-ring (bicyclic) bond motifs is 1. The van der Waals surface area contributed by atoms with Crippen molar-refractivity contribution in [2.45, 2.75) is 18.8 Å². The first-order valence-corrected chi connectivity index (χ1v) is 5.82. The molecule has 0 bridgehead atoms. The maximum Gasteiger partial charge on any atom is 0.251 e. The lowest BCUT2D eigenvalue weighted by atomic mass is 10.1. The van der Waals surface area contributed by atoms with Crippen LogP contribution in [-0.4, -0.2) is 29.0 Å². The third-order valence-electron chi connectivity index (χ3n) is 3.23. The third-order valence-corrected chi connectivity index (χ3v) is 3.23. The molecule has 3 nitrogen and oxygen atoms in total. The van der Waals surface area contributed by atoms with Gasteiger partial charge in [-0.25, -0.2) is 18.2 Å². The molecule has 96 valence electrons. The number of piperidine rings is 1. The van der Waals surface area contributed by atoms with Gasteiger partial charge in [-0.15, -0.1) is 0 Å². The number of benzene rings is 1. The molecule has 0 radical (unpaired) electrons. The Kier molecular flexibility index (Phi) is 2.46.